The van der Waals surface area contributed by atoms with Gasteiger partial charge in [0, 0.05) is 25.8 Å². The highest BCUT2D eigenvalue weighted by atomic mass is 16.5. The van der Waals surface area contributed by atoms with E-state index in [4.69, 9.17) is 9.47 Å². The van der Waals surface area contributed by atoms with Gasteiger partial charge in [0.2, 0.25) is 5.88 Å². The van der Waals surface area contributed by atoms with Gasteiger partial charge in [0.05, 0.1) is 24.7 Å². The maximum absolute atomic E-state index is 5.68. The molecule has 5 nitrogen and oxygen atoms in total. The molecule has 1 aromatic rings. The number of nitrogens with one attached hydrogen (secondary N) is 1. The molecule has 0 amide bonds. The number of ether oxygens (including phenoxy) is 2. The molecule has 0 aliphatic carbocycles. The van der Waals surface area contributed by atoms with Crippen LogP contribution in [-0.4, -0.2) is 35.8 Å². The first kappa shape index (κ1) is 14.2. The van der Waals surface area contributed by atoms with Crippen LogP contribution in [0.2, 0.25) is 0 Å². The predicted octanol–water partition coefficient (Wildman–Crippen LogP) is 1.78. The van der Waals surface area contributed by atoms with Gasteiger partial charge >= 0.3 is 0 Å². The van der Waals surface area contributed by atoms with Gasteiger partial charge in [-0.05, 0) is 18.8 Å². The van der Waals surface area contributed by atoms with E-state index in [1.54, 1.807) is 12.4 Å². The monoisotopic (exact) mass is 265 g/mol. The predicted molar refractivity (Wildman–Crippen MR) is 73.0 cm³/mol. The van der Waals surface area contributed by atoms with E-state index in [-0.39, 0.29) is 0 Å². The fraction of sp³-hybridized carbons (Fsp3) is 0.714. The van der Waals surface area contributed by atoms with Crippen LogP contribution in [0.5, 0.6) is 5.88 Å². The Balaban J connectivity index is 1.74. The van der Waals surface area contributed by atoms with Crippen molar-refractivity contribution in [1.82, 2.24) is 15.3 Å². The van der Waals surface area contributed by atoms with Gasteiger partial charge in [0.15, 0.2) is 0 Å². The summed E-state index contributed by atoms with van der Waals surface area (Å²) in [6.45, 7) is 7.36. The molecule has 2 rings (SSSR count). The third-order valence-electron chi connectivity index (χ3n) is 3.18. The lowest BCUT2D eigenvalue weighted by atomic mass is 10.0. The average Bonchev–Trinajstić information content (AvgIpc) is 2.45. The zero-order valence-corrected chi connectivity index (χ0v) is 11.8. The van der Waals surface area contributed by atoms with Gasteiger partial charge in [0.1, 0.15) is 0 Å². The van der Waals surface area contributed by atoms with Crippen molar-refractivity contribution >= 4 is 0 Å². The molecular formula is C14H23N3O2. The Kier molecular flexibility index (Phi) is 5.54. The Morgan fingerprint density at radius 2 is 2.11 bits per heavy atom. The summed E-state index contributed by atoms with van der Waals surface area (Å²) < 4.78 is 11.0. The molecule has 0 saturated carbocycles. The standard InChI is InChI=1S/C14H23N3O2/c1-11(2)15-7-13-8-17-14(9-16-13)19-10-12-3-5-18-6-4-12/h8-9,11-12,15H,3-7,10H2,1-2H3. The highest BCUT2D eigenvalue weighted by Gasteiger charge is 2.14. The summed E-state index contributed by atoms with van der Waals surface area (Å²) in [6.07, 6.45) is 5.62. The van der Waals surface area contributed by atoms with E-state index in [0.29, 0.717) is 24.4 Å². The Morgan fingerprint density at radius 3 is 2.74 bits per heavy atom. The third-order valence-corrected chi connectivity index (χ3v) is 3.18. The topological polar surface area (TPSA) is 56.3 Å². The van der Waals surface area contributed by atoms with Crippen LogP contribution in [0.25, 0.3) is 0 Å². The normalized spacial score (nSPS) is 16.8. The molecule has 5 heteroatoms. The number of aromatic nitrogens is 2. The summed E-state index contributed by atoms with van der Waals surface area (Å²) in [5.74, 6) is 1.19. The summed E-state index contributed by atoms with van der Waals surface area (Å²) in [5, 5.41) is 3.31. The van der Waals surface area contributed by atoms with E-state index < -0.39 is 0 Å². The third kappa shape index (κ3) is 5.12. The molecule has 0 unspecified atom stereocenters. The Labute approximate surface area is 114 Å². The first-order valence-corrected chi connectivity index (χ1v) is 6.99. The first-order valence-electron chi connectivity index (χ1n) is 6.99. The average molecular weight is 265 g/mol. The van der Waals surface area contributed by atoms with Crippen LogP contribution in [0, 0.1) is 5.92 Å². The van der Waals surface area contributed by atoms with E-state index >= 15 is 0 Å². The second kappa shape index (κ2) is 7.40. The quantitative estimate of drug-likeness (QED) is 0.849. The maximum Gasteiger partial charge on any atom is 0.232 e. The Morgan fingerprint density at radius 1 is 1.32 bits per heavy atom. The highest BCUT2D eigenvalue weighted by molar-refractivity contribution is 5.07. The molecule has 1 aliphatic rings. The van der Waals surface area contributed by atoms with Crippen LogP contribution in [0.1, 0.15) is 32.4 Å². The van der Waals surface area contributed by atoms with Gasteiger partial charge in [0.25, 0.3) is 0 Å². The molecule has 2 heterocycles. The zero-order chi connectivity index (χ0) is 13.5. The molecule has 1 fully saturated rings. The molecule has 1 saturated heterocycles. The van der Waals surface area contributed by atoms with Crippen molar-refractivity contribution in [2.75, 3.05) is 19.8 Å². The molecular weight excluding hydrogens is 242 g/mol. The van der Waals surface area contributed by atoms with Crippen LogP contribution in [0.15, 0.2) is 12.4 Å². The molecule has 0 aromatic carbocycles. The van der Waals surface area contributed by atoms with Gasteiger partial charge in [-0.2, -0.15) is 0 Å². The lowest BCUT2D eigenvalue weighted by Gasteiger charge is -2.21. The van der Waals surface area contributed by atoms with E-state index in [0.717, 1.165) is 38.3 Å². The second-order valence-corrected chi connectivity index (χ2v) is 5.25. The Hall–Kier alpha value is -1.20. The molecule has 0 spiro atoms. The van der Waals surface area contributed by atoms with E-state index in [2.05, 4.69) is 29.1 Å². The van der Waals surface area contributed by atoms with E-state index in [9.17, 15) is 0 Å². The summed E-state index contributed by atoms with van der Waals surface area (Å²) in [4.78, 5) is 8.62. The van der Waals surface area contributed by atoms with Crippen molar-refractivity contribution in [1.29, 1.82) is 0 Å². The van der Waals surface area contributed by atoms with Gasteiger partial charge in [-0.25, -0.2) is 4.98 Å². The largest absolute Gasteiger partial charge is 0.476 e. The minimum absolute atomic E-state index is 0.450. The van der Waals surface area contributed by atoms with Crippen LogP contribution < -0.4 is 10.1 Å². The Bertz CT molecular complexity index is 361. The first-order chi connectivity index (χ1) is 9.24. The van der Waals surface area contributed by atoms with Crippen LogP contribution in [-0.2, 0) is 11.3 Å². The van der Waals surface area contributed by atoms with Crippen molar-refractivity contribution in [3.63, 3.8) is 0 Å². The molecule has 0 atom stereocenters. The van der Waals surface area contributed by atoms with Crippen molar-refractivity contribution in [2.24, 2.45) is 5.92 Å². The van der Waals surface area contributed by atoms with Crippen molar-refractivity contribution < 1.29 is 9.47 Å². The molecule has 1 aliphatic heterocycles. The smallest absolute Gasteiger partial charge is 0.232 e. The number of nitrogens with zero attached hydrogens (tertiary/aromatic N) is 2. The van der Waals surface area contributed by atoms with Crippen molar-refractivity contribution in [3.05, 3.63) is 18.1 Å². The van der Waals surface area contributed by atoms with E-state index in [1.165, 1.54) is 0 Å². The summed E-state index contributed by atoms with van der Waals surface area (Å²) in [7, 11) is 0. The number of hydrogen-bond acceptors (Lipinski definition) is 5. The molecule has 0 bridgehead atoms. The summed E-state index contributed by atoms with van der Waals surface area (Å²) in [6, 6.07) is 0.450. The van der Waals surface area contributed by atoms with Gasteiger partial charge in [-0.3, -0.25) is 4.98 Å². The van der Waals surface area contributed by atoms with Crippen molar-refractivity contribution in [3.8, 4) is 5.88 Å². The lowest BCUT2D eigenvalue weighted by molar-refractivity contribution is 0.0489. The molecule has 1 N–H and O–H groups in total. The summed E-state index contributed by atoms with van der Waals surface area (Å²) >= 11 is 0. The van der Waals surface area contributed by atoms with Gasteiger partial charge in [-0.1, -0.05) is 13.8 Å². The van der Waals surface area contributed by atoms with Gasteiger partial charge < -0.3 is 14.8 Å². The highest BCUT2D eigenvalue weighted by Crippen LogP contribution is 2.16. The molecule has 0 radical (unpaired) electrons. The van der Waals surface area contributed by atoms with Crippen molar-refractivity contribution in [2.45, 2.75) is 39.3 Å². The molecule has 19 heavy (non-hydrogen) atoms. The van der Waals surface area contributed by atoms with Gasteiger partial charge in [-0.15, -0.1) is 0 Å². The zero-order valence-electron chi connectivity index (χ0n) is 11.8. The van der Waals surface area contributed by atoms with E-state index in [1.807, 2.05) is 0 Å². The SMILES string of the molecule is CC(C)NCc1cnc(OCC2CCOCC2)cn1. The van der Waals surface area contributed by atoms with Crippen LogP contribution >= 0.6 is 0 Å². The summed E-state index contributed by atoms with van der Waals surface area (Å²) in [5.41, 5.74) is 0.937. The fourth-order valence-corrected chi connectivity index (χ4v) is 1.93. The number of hydrogen-bond donors (Lipinski definition) is 1. The second-order valence-electron chi connectivity index (χ2n) is 5.25. The molecule has 1 aromatic heterocycles. The lowest BCUT2D eigenvalue weighted by Crippen LogP contribution is -2.23. The maximum atomic E-state index is 5.68. The van der Waals surface area contributed by atoms with Crippen LogP contribution in [0.4, 0.5) is 0 Å². The number of rotatable bonds is 6. The fourth-order valence-electron chi connectivity index (χ4n) is 1.93. The minimum atomic E-state index is 0.450. The van der Waals surface area contributed by atoms with Crippen LogP contribution in [0.3, 0.4) is 0 Å². The molecule has 106 valence electrons. The minimum Gasteiger partial charge on any atom is -0.476 e.